The second-order valence-electron chi connectivity index (χ2n) is 6.74. The first-order valence-electron chi connectivity index (χ1n) is 6.72. The lowest BCUT2D eigenvalue weighted by Crippen LogP contribution is -2.37. The van der Waals surface area contributed by atoms with Gasteiger partial charge in [-0.05, 0) is 18.9 Å². The molecule has 3 aliphatic rings. The van der Waals surface area contributed by atoms with Gasteiger partial charge >= 0.3 is 0 Å². The molecule has 0 N–H and O–H groups in total. The summed E-state index contributed by atoms with van der Waals surface area (Å²) in [6.07, 6.45) is 1.71. The van der Waals surface area contributed by atoms with Gasteiger partial charge in [-0.2, -0.15) is 0 Å². The number of carbonyl (C=O) groups excluding carboxylic acids is 1. The molecule has 2 saturated heterocycles. The fourth-order valence-corrected chi connectivity index (χ4v) is 4.68. The zero-order valence-corrected chi connectivity index (χ0v) is 11.4. The fourth-order valence-electron chi connectivity index (χ4n) is 4.68. The van der Waals surface area contributed by atoms with E-state index in [1.807, 2.05) is 6.92 Å². The van der Waals surface area contributed by atoms with Crippen molar-refractivity contribution in [1.29, 1.82) is 0 Å². The predicted molar refractivity (Wildman–Crippen MR) is 65.8 cm³/mol. The lowest BCUT2D eigenvalue weighted by Gasteiger charge is -2.32. The molecule has 3 nitrogen and oxygen atoms in total. The van der Waals surface area contributed by atoms with Gasteiger partial charge in [0.15, 0.2) is 0 Å². The second-order valence-corrected chi connectivity index (χ2v) is 6.74. The molecule has 0 aromatic heterocycles. The number of ether oxygens (including phenoxy) is 1. The minimum atomic E-state index is 0.152. The largest absolute Gasteiger partial charge is 0.380 e. The Kier molecular flexibility index (Phi) is 2.14. The lowest BCUT2D eigenvalue weighted by atomic mass is 9.88. The number of hydrogen-bond acceptors (Lipinski definition) is 3. The summed E-state index contributed by atoms with van der Waals surface area (Å²) in [5.41, 5.74) is 1.05. The Hall–Kier alpha value is -0.410. The molecule has 0 amide bonds. The van der Waals surface area contributed by atoms with Crippen LogP contribution in [0.3, 0.4) is 0 Å². The van der Waals surface area contributed by atoms with Crippen molar-refractivity contribution in [3.63, 3.8) is 0 Å². The molecule has 2 heterocycles. The molecule has 0 bridgehead atoms. The van der Waals surface area contributed by atoms with Crippen molar-refractivity contribution in [2.45, 2.75) is 39.7 Å². The first-order chi connectivity index (χ1) is 7.92. The third-order valence-electron chi connectivity index (χ3n) is 6.26. The van der Waals surface area contributed by atoms with Gasteiger partial charge < -0.3 is 4.74 Å². The Morgan fingerprint density at radius 1 is 1.35 bits per heavy atom. The van der Waals surface area contributed by atoms with Crippen LogP contribution >= 0.6 is 0 Å². The summed E-state index contributed by atoms with van der Waals surface area (Å²) in [5.74, 6) is 0.405. The zero-order valence-electron chi connectivity index (χ0n) is 11.4. The number of likely N-dealkylation sites (N-methyl/N-ethyl adjacent to an activating group) is 1. The molecule has 3 fully saturated rings. The molecule has 0 aromatic rings. The second kappa shape index (κ2) is 3.12. The van der Waals surface area contributed by atoms with E-state index in [-0.39, 0.29) is 6.04 Å². The molecular formula is C14H23NO2. The molecule has 1 saturated carbocycles. The van der Waals surface area contributed by atoms with Crippen molar-refractivity contribution in [2.75, 3.05) is 26.8 Å². The summed E-state index contributed by atoms with van der Waals surface area (Å²) in [5, 5.41) is 0. The van der Waals surface area contributed by atoms with E-state index in [4.69, 9.17) is 4.74 Å². The highest BCUT2D eigenvalue weighted by molar-refractivity contribution is 5.84. The number of likely N-dealkylation sites (tertiary alicyclic amines) is 1. The van der Waals surface area contributed by atoms with Crippen LogP contribution in [0.15, 0.2) is 0 Å². The summed E-state index contributed by atoms with van der Waals surface area (Å²) in [7, 11) is 2.11. The Labute approximate surface area is 104 Å². The van der Waals surface area contributed by atoms with Crippen LogP contribution in [0.2, 0.25) is 0 Å². The molecule has 3 heteroatoms. The Balaban J connectivity index is 1.87. The molecule has 17 heavy (non-hydrogen) atoms. The summed E-state index contributed by atoms with van der Waals surface area (Å²) in [4.78, 5) is 14.3. The highest BCUT2D eigenvalue weighted by Crippen LogP contribution is 2.83. The molecule has 0 radical (unpaired) electrons. The molecule has 2 atom stereocenters. The van der Waals surface area contributed by atoms with Crippen molar-refractivity contribution >= 4 is 5.78 Å². The van der Waals surface area contributed by atoms with Gasteiger partial charge in [-0.3, -0.25) is 9.69 Å². The molecule has 3 rings (SSSR count). The topological polar surface area (TPSA) is 29.5 Å². The van der Waals surface area contributed by atoms with E-state index in [0.29, 0.717) is 28.4 Å². The highest BCUT2D eigenvalue weighted by atomic mass is 16.5. The van der Waals surface area contributed by atoms with E-state index >= 15 is 0 Å². The van der Waals surface area contributed by atoms with Gasteiger partial charge in [0.25, 0.3) is 0 Å². The van der Waals surface area contributed by atoms with Gasteiger partial charge in [0, 0.05) is 23.8 Å². The van der Waals surface area contributed by atoms with Gasteiger partial charge in [0.05, 0.1) is 19.3 Å². The van der Waals surface area contributed by atoms with Gasteiger partial charge in [0.1, 0.15) is 5.78 Å². The van der Waals surface area contributed by atoms with Crippen LogP contribution < -0.4 is 0 Å². The first kappa shape index (κ1) is 11.7. The van der Waals surface area contributed by atoms with E-state index in [0.717, 1.165) is 26.2 Å². The predicted octanol–water partition coefficient (Wildman–Crippen LogP) is 1.71. The maximum absolute atomic E-state index is 12.0. The highest BCUT2D eigenvalue weighted by Gasteiger charge is 2.85. The average molecular weight is 237 g/mol. The van der Waals surface area contributed by atoms with Crippen molar-refractivity contribution in [3.8, 4) is 0 Å². The van der Waals surface area contributed by atoms with Gasteiger partial charge in [-0.15, -0.1) is 0 Å². The summed E-state index contributed by atoms with van der Waals surface area (Å²) in [6, 6.07) is 0.152. The smallest absolute Gasteiger partial charge is 0.149 e. The van der Waals surface area contributed by atoms with Gasteiger partial charge in [-0.25, -0.2) is 0 Å². The number of nitrogens with zero attached hydrogens (tertiary/aromatic N) is 1. The molecule has 2 spiro atoms. The van der Waals surface area contributed by atoms with Gasteiger partial charge in [-0.1, -0.05) is 20.8 Å². The average Bonchev–Trinajstić information content (AvgIpc) is 2.50. The maximum atomic E-state index is 12.0. The molecule has 1 aliphatic carbocycles. The van der Waals surface area contributed by atoms with Crippen LogP contribution in [0.4, 0.5) is 0 Å². The first-order valence-corrected chi connectivity index (χ1v) is 6.72. The third-order valence-corrected chi connectivity index (χ3v) is 6.26. The quantitative estimate of drug-likeness (QED) is 0.732. The summed E-state index contributed by atoms with van der Waals surface area (Å²) < 4.78 is 5.48. The minimum Gasteiger partial charge on any atom is -0.380 e. The molecule has 2 aliphatic heterocycles. The fraction of sp³-hybridized carbons (Fsp3) is 0.929. The Bertz CT molecular complexity index is 372. The molecule has 0 aromatic carbocycles. The lowest BCUT2D eigenvalue weighted by molar-refractivity contribution is -0.122. The van der Waals surface area contributed by atoms with Crippen LogP contribution in [0, 0.1) is 16.2 Å². The van der Waals surface area contributed by atoms with Crippen LogP contribution in [0.5, 0.6) is 0 Å². The number of fused-ring (bicyclic) bond motifs is 1. The number of ketones is 1. The SMILES string of the molecule is CCC(=O)[C@@H]1C[C@@]2(CN1C)C(C)(C)C21COC1. The molecular weight excluding hydrogens is 214 g/mol. The molecule has 96 valence electrons. The Morgan fingerprint density at radius 2 is 2.00 bits per heavy atom. The summed E-state index contributed by atoms with van der Waals surface area (Å²) in [6.45, 7) is 9.58. The maximum Gasteiger partial charge on any atom is 0.149 e. The van der Waals surface area contributed by atoms with Crippen LogP contribution in [0.1, 0.15) is 33.6 Å². The zero-order chi connectivity index (χ0) is 12.5. The van der Waals surface area contributed by atoms with Crippen LogP contribution in [0.25, 0.3) is 0 Å². The Morgan fingerprint density at radius 3 is 2.41 bits per heavy atom. The molecule has 0 unspecified atom stereocenters. The van der Waals surface area contributed by atoms with Crippen LogP contribution in [-0.4, -0.2) is 43.5 Å². The van der Waals surface area contributed by atoms with Crippen LogP contribution in [-0.2, 0) is 9.53 Å². The van der Waals surface area contributed by atoms with E-state index in [1.54, 1.807) is 0 Å². The van der Waals surface area contributed by atoms with E-state index < -0.39 is 0 Å². The number of carbonyl (C=O) groups is 1. The van der Waals surface area contributed by atoms with Crippen molar-refractivity contribution in [3.05, 3.63) is 0 Å². The summed E-state index contributed by atoms with van der Waals surface area (Å²) >= 11 is 0. The normalized spacial score (nSPS) is 41.8. The van der Waals surface area contributed by atoms with E-state index in [1.165, 1.54) is 0 Å². The monoisotopic (exact) mass is 237 g/mol. The number of hydrogen-bond donors (Lipinski definition) is 0. The number of Topliss-reactive ketones (excluding diaryl/α,β-unsaturated/α-hetero) is 1. The van der Waals surface area contributed by atoms with E-state index in [9.17, 15) is 4.79 Å². The standard InChI is InChI=1S/C14H23NO2/c1-5-11(16)10-6-13(7-15(10)4)12(2,3)14(13)8-17-9-14/h10H,5-9H2,1-4H3/t10-,13+/m0/s1. The van der Waals surface area contributed by atoms with E-state index in [2.05, 4.69) is 25.8 Å². The van der Waals surface area contributed by atoms with Crippen molar-refractivity contribution < 1.29 is 9.53 Å². The van der Waals surface area contributed by atoms with Gasteiger partial charge in [0.2, 0.25) is 0 Å². The minimum absolute atomic E-state index is 0.152. The third kappa shape index (κ3) is 1.04. The van der Waals surface area contributed by atoms with Crippen molar-refractivity contribution in [2.24, 2.45) is 16.2 Å². The van der Waals surface area contributed by atoms with Crippen molar-refractivity contribution in [1.82, 2.24) is 4.90 Å². The number of rotatable bonds is 2.